The van der Waals surface area contributed by atoms with Gasteiger partial charge in [-0.05, 0) is 25.0 Å². The van der Waals surface area contributed by atoms with Crippen LogP contribution in [0.2, 0.25) is 0 Å². The largest absolute Gasteiger partial charge is 0.371 e. The number of anilines is 1. The zero-order valence-corrected chi connectivity index (χ0v) is 20.5. The predicted octanol–water partition coefficient (Wildman–Crippen LogP) is 5.38. The molecule has 6 rings (SSSR count). The van der Waals surface area contributed by atoms with Crippen LogP contribution in [0.4, 0.5) is 5.82 Å². The summed E-state index contributed by atoms with van der Waals surface area (Å²) in [5, 5.41) is 4.33. The molecule has 1 fully saturated rings. The van der Waals surface area contributed by atoms with E-state index < -0.39 is 0 Å². The normalized spacial score (nSPS) is 14.4. The molecule has 7 heteroatoms. The number of carbonyl (C=O) groups excluding carboxylic acids is 1. The zero-order chi connectivity index (χ0) is 24.6. The van der Waals surface area contributed by atoms with Gasteiger partial charge in [0.25, 0.3) is 0 Å². The highest BCUT2D eigenvalue weighted by Gasteiger charge is 2.27. The SMILES string of the molecule is CNc1nccn2c(C3CCN(C(C)=O)CC3)nc(-c3ccc4ccc(-c5ccccc5)nc4c3)c12. The van der Waals surface area contributed by atoms with Crippen molar-refractivity contribution in [3.63, 3.8) is 0 Å². The second-order valence-corrected chi connectivity index (χ2v) is 9.31. The molecule has 0 saturated carbocycles. The molecule has 2 aromatic carbocycles. The fraction of sp³-hybridized carbons (Fsp3) is 0.241. The lowest BCUT2D eigenvalue weighted by molar-refractivity contribution is -0.129. The summed E-state index contributed by atoms with van der Waals surface area (Å²) in [6, 6.07) is 20.8. The van der Waals surface area contributed by atoms with Crippen LogP contribution < -0.4 is 5.32 Å². The third kappa shape index (κ3) is 3.86. The van der Waals surface area contributed by atoms with Crippen molar-refractivity contribution in [3.8, 4) is 22.5 Å². The molecule has 1 aliphatic heterocycles. The lowest BCUT2D eigenvalue weighted by Gasteiger charge is -2.30. The molecule has 0 unspecified atom stereocenters. The molecule has 0 atom stereocenters. The van der Waals surface area contributed by atoms with Crippen molar-refractivity contribution in [3.05, 3.63) is 78.9 Å². The number of hydrogen-bond donors (Lipinski definition) is 1. The average molecular weight is 477 g/mol. The molecule has 36 heavy (non-hydrogen) atoms. The van der Waals surface area contributed by atoms with Crippen LogP contribution in [0.3, 0.4) is 0 Å². The van der Waals surface area contributed by atoms with Gasteiger partial charge in [-0.3, -0.25) is 9.20 Å². The van der Waals surface area contributed by atoms with Crippen molar-refractivity contribution in [2.24, 2.45) is 0 Å². The molecule has 0 radical (unpaired) electrons. The summed E-state index contributed by atoms with van der Waals surface area (Å²) in [5.41, 5.74) is 5.84. The Hall–Kier alpha value is -4.26. The van der Waals surface area contributed by atoms with Crippen molar-refractivity contribution in [2.75, 3.05) is 25.5 Å². The molecule has 4 heterocycles. The molecule has 0 spiro atoms. The van der Waals surface area contributed by atoms with Crippen molar-refractivity contribution in [1.82, 2.24) is 24.3 Å². The molecule has 1 saturated heterocycles. The Balaban J connectivity index is 1.46. The summed E-state index contributed by atoms with van der Waals surface area (Å²) < 4.78 is 2.17. The first kappa shape index (κ1) is 22.2. The van der Waals surface area contributed by atoms with Gasteiger partial charge < -0.3 is 10.2 Å². The third-order valence-electron chi connectivity index (χ3n) is 7.16. The second kappa shape index (κ2) is 9.07. The Bertz CT molecular complexity index is 1570. The van der Waals surface area contributed by atoms with Gasteiger partial charge in [0.05, 0.1) is 11.2 Å². The van der Waals surface area contributed by atoms with Gasteiger partial charge in [-0.25, -0.2) is 15.0 Å². The van der Waals surface area contributed by atoms with Gasteiger partial charge in [0.15, 0.2) is 5.82 Å². The van der Waals surface area contributed by atoms with E-state index >= 15 is 0 Å². The van der Waals surface area contributed by atoms with E-state index in [9.17, 15) is 4.79 Å². The van der Waals surface area contributed by atoms with Crippen LogP contribution in [0.25, 0.3) is 38.9 Å². The number of nitrogens with zero attached hydrogens (tertiary/aromatic N) is 5. The van der Waals surface area contributed by atoms with Gasteiger partial charge in [-0.1, -0.05) is 48.5 Å². The molecule has 180 valence electrons. The number of fused-ring (bicyclic) bond motifs is 2. The van der Waals surface area contributed by atoms with Gasteiger partial charge in [-0.15, -0.1) is 0 Å². The summed E-state index contributed by atoms with van der Waals surface area (Å²) in [5.74, 6) is 2.23. The first-order valence-corrected chi connectivity index (χ1v) is 12.4. The lowest BCUT2D eigenvalue weighted by Crippen LogP contribution is -2.36. The van der Waals surface area contributed by atoms with Gasteiger partial charge in [0.2, 0.25) is 5.91 Å². The van der Waals surface area contributed by atoms with Crippen molar-refractivity contribution >= 4 is 28.1 Å². The first-order chi connectivity index (χ1) is 17.6. The lowest BCUT2D eigenvalue weighted by atomic mass is 9.96. The van der Waals surface area contributed by atoms with Crippen LogP contribution in [0.5, 0.6) is 0 Å². The highest BCUT2D eigenvalue weighted by atomic mass is 16.2. The Labute approximate surface area is 209 Å². The first-order valence-electron chi connectivity index (χ1n) is 12.4. The molecule has 7 nitrogen and oxygen atoms in total. The van der Waals surface area contributed by atoms with Gasteiger partial charge in [0, 0.05) is 61.9 Å². The molecule has 3 aromatic heterocycles. The monoisotopic (exact) mass is 476 g/mol. The number of carbonyl (C=O) groups is 1. The molecular formula is C29H28N6O. The van der Waals surface area contributed by atoms with Crippen LogP contribution in [-0.2, 0) is 4.79 Å². The summed E-state index contributed by atoms with van der Waals surface area (Å²) in [7, 11) is 1.89. The maximum Gasteiger partial charge on any atom is 0.219 e. The number of amides is 1. The minimum atomic E-state index is 0.141. The molecule has 1 aliphatic rings. The molecule has 0 aliphatic carbocycles. The zero-order valence-electron chi connectivity index (χ0n) is 20.5. The Morgan fingerprint density at radius 3 is 2.50 bits per heavy atom. The van der Waals surface area contributed by atoms with E-state index in [1.807, 2.05) is 42.5 Å². The summed E-state index contributed by atoms with van der Waals surface area (Å²) in [6.07, 6.45) is 5.60. The van der Waals surface area contributed by atoms with E-state index in [0.29, 0.717) is 0 Å². The fourth-order valence-electron chi connectivity index (χ4n) is 5.22. The number of benzene rings is 2. The second-order valence-electron chi connectivity index (χ2n) is 9.31. The van der Waals surface area contributed by atoms with Crippen molar-refractivity contribution in [2.45, 2.75) is 25.7 Å². The van der Waals surface area contributed by atoms with Crippen LogP contribution in [0.15, 0.2) is 73.1 Å². The maximum atomic E-state index is 11.8. The summed E-state index contributed by atoms with van der Waals surface area (Å²) in [4.78, 5) is 28.5. The van der Waals surface area contributed by atoms with Crippen LogP contribution in [0, 0.1) is 0 Å². The van der Waals surface area contributed by atoms with Crippen LogP contribution in [-0.4, -0.2) is 50.3 Å². The highest BCUT2D eigenvalue weighted by Crippen LogP contribution is 2.36. The fourth-order valence-corrected chi connectivity index (χ4v) is 5.22. The van der Waals surface area contributed by atoms with Crippen LogP contribution >= 0.6 is 0 Å². The Morgan fingerprint density at radius 2 is 1.75 bits per heavy atom. The third-order valence-corrected chi connectivity index (χ3v) is 7.16. The standard InChI is InChI=1S/C29H28N6O/c1-19(36)34-15-12-22(13-16-34)29-33-26(27-28(30-2)31-14-17-35(27)29)23-9-8-21-10-11-24(32-25(21)18-23)20-6-4-3-5-7-20/h3-11,14,17-18,22H,12-13,15-16H2,1-2H3,(H,30,31). The number of likely N-dealkylation sites (tertiary alicyclic amines) is 1. The number of rotatable bonds is 4. The summed E-state index contributed by atoms with van der Waals surface area (Å²) >= 11 is 0. The van der Waals surface area contributed by atoms with E-state index in [-0.39, 0.29) is 11.8 Å². The number of pyridine rings is 1. The average Bonchev–Trinajstić information content (AvgIpc) is 3.33. The number of aromatic nitrogens is 4. The van der Waals surface area contributed by atoms with Gasteiger partial charge >= 0.3 is 0 Å². The number of hydrogen-bond acceptors (Lipinski definition) is 5. The van der Waals surface area contributed by atoms with E-state index in [1.54, 1.807) is 6.92 Å². The molecule has 1 amide bonds. The van der Waals surface area contributed by atoms with E-state index in [1.165, 1.54) is 0 Å². The Kier molecular flexibility index (Phi) is 5.60. The minimum Gasteiger partial charge on any atom is -0.371 e. The Morgan fingerprint density at radius 1 is 0.972 bits per heavy atom. The molecule has 0 bridgehead atoms. The highest BCUT2D eigenvalue weighted by molar-refractivity contribution is 5.91. The minimum absolute atomic E-state index is 0.141. The molecule has 1 N–H and O–H groups in total. The number of nitrogens with one attached hydrogen (secondary N) is 1. The van der Waals surface area contributed by atoms with Gasteiger partial charge in [0.1, 0.15) is 17.0 Å². The van der Waals surface area contributed by atoms with E-state index in [0.717, 1.165) is 76.5 Å². The van der Waals surface area contributed by atoms with Crippen molar-refractivity contribution in [1.29, 1.82) is 0 Å². The maximum absolute atomic E-state index is 11.8. The topological polar surface area (TPSA) is 75.4 Å². The van der Waals surface area contributed by atoms with Gasteiger partial charge in [-0.2, -0.15) is 0 Å². The predicted molar refractivity (Wildman–Crippen MR) is 143 cm³/mol. The van der Waals surface area contributed by atoms with Crippen molar-refractivity contribution < 1.29 is 4.79 Å². The van der Waals surface area contributed by atoms with E-state index in [4.69, 9.17) is 9.97 Å². The van der Waals surface area contributed by atoms with Crippen LogP contribution in [0.1, 0.15) is 31.5 Å². The summed E-state index contributed by atoms with van der Waals surface area (Å²) in [6.45, 7) is 3.16. The number of piperidine rings is 1. The quantitative estimate of drug-likeness (QED) is 0.377. The molecular weight excluding hydrogens is 448 g/mol. The van der Waals surface area contributed by atoms with E-state index in [2.05, 4.69) is 57.2 Å². The smallest absolute Gasteiger partial charge is 0.219 e. The molecule has 5 aromatic rings. The number of imidazole rings is 1.